The number of hydrogen-bond donors (Lipinski definition) is 1. The molecule has 5 heteroatoms. The summed E-state index contributed by atoms with van der Waals surface area (Å²) in [6.45, 7) is 5.75. The lowest BCUT2D eigenvalue weighted by atomic mass is 9.84. The van der Waals surface area contributed by atoms with Gasteiger partial charge >= 0.3 is 0 Å². The van der Waals surface area contributed by atoms with Crippen LogP contribution >= 0.6 is 11.8 Å². The van der Waals surface area contributed by atoms with Gasteiger partial charge < -0.3 is 14.8 Å². The van der Waals surface area contributed by atoms with E-state index in [2.05, 4.69) is 19.2 Å². The van der Waals surface area contributed by atoms with E-state index >= 15 is 0 Å². The van der Waals surface area contributed by atoms with Crippen LogP contribution in [0.15, 0.2) is 23.2 Å². The van der Waals surface area contributed by atoms with Gasteiger partial charge in [-0.15, -0.1) is 0 Å². The number of nitrogens with one attached hydrogen (secondary N) is 1. The first-order valence-corrected chi connectivity index (χ1v) is 8.07. The Morgan fingerprint density at radius 2 is 2.05 bits per heavy atom. The number of amidine groups is 1. The average Bonchev–Trinajstić information content (AvgIpc) is 2.96. The maximum Gasteiger partial charge on any atom is 0.231 e. The standard InChI is InChI=1S/C15H20N2O2S/c1-3-15(4-2)8-16-14(20-9-15)17-11-5-6-12-13(7-11)19-10-18-12/h5-7H,3-4,8-10H2,1-2H3,(H,16,17). The summed E-state index contributed by atoms with van der Waals surface area (Å²) in [4.78, 5) is 4.71. The summed E-state index contributed by atoms with van der Waals surface area (Å²) in [7, 11) is 0. The van der Waals surface area contributed by atoms with E-state index in [1.807, 2.05) is 30.0 Å². The van der Waals surface area contributed by atoms with E-state index in [0.717, 1.165) is 34.7 Å². The second-order valence-electron chi connectivity index (χ2n) is 5.31. The maximum absolute atomic E-state index is 5.39. The second kappa shape index (κ2) is 5.56. The summed E-state index contributed by atoms with van der Waals surface area (Å²) in [5.74, 6) is 2.74. The van der Waals surface area contributed by atoms with E-state index in [0.29, 0.717) is 12.2 Å². The summed E-state index contributed by atoms with van der Waals surface area (Å²) in [5, 5.41) is 4.38. The van der Waals surface area contributed by atoms with Crippen molar-refractivity contribution in [3.63, 3.8) is 0 Å². The molecule has 0 atom stereocenters. The number of anilines is 1. The van der Waals surface area contributed by atoms with Gasteiger partial charge in [0.15, 0.2) is 16.7 Å². The first-order valence-electron chi connectivity index (χ1n) is 7.08. The van der Waals surface area contributed by atoms with Gasteiger partial charge in [0, 0.05) is 24.1 Å². The van der Waals surface area contributed by atoms with Crippen LogP contribution < -0.4 is 14.8 Å². The summed E-state index contributed by atoms with van der Waals surface area (Å²) in [6.07, 6.45) is 2.38. The lowest BCUT2D eigenvalue weighted by Gasteiger charge is -2.33. The normalized spacial score (nSPS) is 19.6. The van der Waals surface area contributed by atoms with Crippen molar-refractivity contribution in [3.05, 3.63) is 18.2 Å². The second-order valence-corrected chi connectivity index (χ2v) is 6.27. The fraction of sp³-hybridized carbons (Fsp3) is 0.533. The molecular weight excluding hydrogens is 272 g/mol. The molecule has 1 aromatic carbocycles. The minimum absolute atomic E-state index is 0.310. The highest BCUT2D eigenvalue weighted by molar-refractivity contribution is 8.14. The van der Waals surface area contributed by atoms with E-state index in [1.54, 1.807) is 0 Å². The van der Waals surface area contributed by atoms with Crippen LogP contribution in [0.3, 0.4) is 0 Å². The quantitative estimate of drug-likeness (QED) is 0.921. The molecule has 0 unspecified atom stereocenters. The Kier molecular flexibility index (Phi) is 3.78. The molecule has 0 aromatic heterocycles. The SMILES string of the molecule is CCC1(CC)CN=C(Nc2ccc3c(c2)OCO3)SC1. The predicted octanol–water partition coefficient (Wildman–Crippen LogP) is 3.74. The molecule has 0 bridgehead atoms. The first kappa shape index (κ1) is 13.6. The van der Waals surface area contributed by atoms with Crippen molar-refractivity contribution in [2.24, 2.45) is 10.4 Å². The predicted molar refractivity (Wildman–Crippen MR) is 84.0 cm³/mol. The Bertz CT molecular complexity index is 527. The highest BCUT2D eigenvalue weighted by Crippen LogP contribution is 2.37. The van der Waals surface area contributed by atoms with Crippen molar-refractivity contribution in [2.45, 2.75) is 26.7 Å². The summed E-state index contributed by atoms with van der Waals surface area (Å²) >= 11 is 1.81. The highest BCUT2D eigenvalue weighted by atomic mass is 32.2. The molecule has 0 radical (unpaired) electrons. The molecule has 4 nitrogen and oxygen atoms in total. The monoisotopic (exact) mass is 292 g/mol. The Hall–Kier alpha value is -1.36. The van der Waals surface area contributed by atoms with Crippen LogP contribution in [-0.4, -0.2) is 24.3 Å². The molecule has 2 aliphatic rings. The van der Waals surface area contributed by atoms with Gasteiger partial charge in [-0.25, -0.2) is 0 Å². The zero-order valence-corrected chi connectivity index (χ0v) is 12.8. The molecule has 1 aromatic rings. The molecule has 0 aliphatic carbocycles. The molecule has 2 aliphatic heterocycles. The number of aliphatic imine (C=N–C) groups is 1. The van der Waals surface area contributed by atoms with Crippen molar-refractivity contribution in [1.29, 1.82) is 0 Å². The third-order valence-electron chi connectivity index (χ3n) is 4.20. The van der Waals surface area contributed by atoms with Crippen LogP contribution in [0.25, 0.3) is 0 Å². The van der Waals surface area contributed by atoms with E-state index in [1.165, 1.54) is 12.8 Å². The number of nitrogens with zero attached hydrogens (tertiary/aromatic N) is 1. The molecule has 0 fully saturated rings. The fourth-order valence-corrected chi connectivity index (χ4v) is 3.69. The van der Waals surface area contributed by atoms with Crippen LogP contribution in [-0.2, 0) is 0 Å². The van der Waals surface area contributed by atoms with Crippen molar-refractivity contribution in [2.75, 3.05) is 24.4 Å². The zero-order valence-electron chi connectivity index (χ0n) is 11.9. The Morgan fingerprint density at radius 3 is 2.75 bits per heavy atom. The Balaban J connectivity index is 1.68. The molecule has 1 N–H and O–H groups in total. The largest absolute Gasteiger partial charge is 0.454 e. The van der Waals surface area contributed by atoms with Gasteiger partial charge in [-0.3, -0.25) is 4.99 Å². The molecule has 0 saturated carbocycles. The number of benzene rings is 1. The van der Waals surface area contributed by atoms with Gasteiger partial charge in [0.1, 0.15) is 0 Å². The molecule has 2 heterocycles. The lowest BCUT2D eigenvalue weighted by molar-refractivity contribution is 0.174. The Labute approximate surface area is 123 Å². The topological polar surface area (TPSA) is 42.9 Å². The van der Waals surface area contributed by atoms with Gasteiger partial charge in [-0.05, 0) is 30.4 Å². The van der Waals surface area contributed by atoms with Gasteiger partial charge in [-0.1, -0.05) is 25.6 Å². The lowest BCUT2D eigenvalue weighted by Crippen LogP contribution is -2.32. The fourth-order valence-electron chi connectivity index (χ4n) is 2.40. The van der Waals surface area contributed by atoms with Crippen molar-refractivity contribution >= 4 is 22.6 Å². The van der Waals surface area contributed by atoms with Gasteiger partial charge in [0.25, 0.3) is 0 Å². The minimum atomic E-state index is 0.310. The first-order chi connectivity index (χ1) is 9.74. The Morgan fingerprint density at radius 1 is 1.25 bits per heavy atom. The zero-order chi connectivity index (χ0) is 14.0. The summed E-state index contributed by atoms with van der Waals surface area (Å²) in [5.41, 5.74) is 1.38. The third-order valence-corrected chi connectivity index (χ3v) is 5.46. The van der Waals surface area contributed by atoms with E-state index < -0.39 is 0 Å². The van der Waals surface area contributed by atoms with Crippen LogP contribution in [0.1, 0.15) is 26.7 Å². The summed E-state index contributed by atoms with van der Waals surface area (Å²) in [6, 6.07) is 5.89. The number of fused-ring (bicyclic) bond motifs is 1. The number of thioether (sulfide) groups is 1. The smallest absolute Gasteiger partial charge is 0.231 e. The average molecular weight is 292 g/mol. The van der Waals surface area contributed by atoms with Gasteiger partial charge in [-0.2, -0.15) is 0 Å². The number of ether oxygens (including phenoxy) is 2. The molecule has 0 saturated heterocycles. The van der Waals surface area contributed by atoms with Gasteiger partial charge in [0.2, 0.25) is 6.79 Å². The van der Waals surface area contributed by atoms with E-state index in [4.69, 9.17) is 14.5 Å². The van der Waals surface area contributed by atoms with E-state index in [-0.39, 0.29) is 0 Å². The van der Waals surface area contributed by atoms with E-state index in [9.17, 15) is 0 Å². The van der Waals surface area contributed by atoms with Crippen LogP contribution in [0.5, 0.6) is 11.5 Å². The summed E-state index contributed by atoms with van der Waals surface area (Å²) < 4.78 is 10.7. The van der Waals surface area contributed by atoms with Gasteiger partial charge in [0.05, 0.1) is 0 Å². The minimum Gasteiger partial charge on any atom is -0.454 e. The number of hydrogen-bond acceptors (Lipinski definition) is 5. The van der Waals surface area contributed by atoms with Crippen LogP contribution in [0, 0.1) is 5.41 Å². The van der Waals surface area contributed by atoms with Crippen molar-refractivity contribution < 1.29 is 9.47 Å². The van der Waals surface area contributed by atoms with Crippen molar-refractivity contribution in [1.82, 2.24) is 0 Å². The number of rotatable bonds is 3. The third kappa shape index (κ3) is 2.59. The molecular formula is C15H20N2O2S. The molecule has 3 rings (SSSR count). The molecule has 0 amide bonds. The molecule has 0 spiro atoms. The van der Waals surface area contributed by atoms with Crippen LogP contribution in [0.2, 0.25) is 0 Å². The maximum atomic E-state index is 5.39. The van der Waals surface area contributed by atoms with Crippen LogP contribution in [0.4, 0.5) is 5.69 Å². The molecule has 20 heavy (non-hydrogen) atoms. The highest BCUT2D eigenvalue weighted by Gasteiger charge is 2.30. The molecule has 108 valence electrons. The van der Waals surface area contributed by atoms with Crippen molar-refractivity contribution in [3.8, 4) is 11.5 Å².